The molecule has 0 spiro atoms. The average Bonchev–Trinajstić information content (AvgIpc) is 3.21. The first kappa shape index (κ1) is 14.8. The molecule has 0 aromatic carbocycles. The van der Waals surface area contributed by atoms with Crippen molar-refractivity contribution < 1.29 is 4.79 Å². The number of hydrogen-bond acceptors (Lipinski definition) is 4. The molecule has 3 aromatic rings. The van der Waals surface area contributed by atoms with Gasteiger partial charge in [0.15, 0.2) is 11.5 Å². The molecule has 0 N–H and O–H groups in total. The van der Waals surface area contributed by atoms with Crippen LogP contribution in [0.1, 0.15) is 37.2 Å². The van der Waals surface area contributed by atoms with Crippen molar-refractivity contribution in [1.29, 1.82) is 0 Å². The Labute approximate surface area is 140 Å². The predicted molar refractivity (Wildman–Crippen MR) is 90.8 cm³/mol. The van der Waals surface area contributed by atoms with Gasteiger partial charge in [-0.1, -0.05) is 6.07 Å². The first-order chi connectivity index (χ1) is 11.6. The minimum absolute atomic E-state index is 0.0549. The number of aryl methyl sites for hydroxylation is 1. The lowest BCUT2D eigenvalue weighted by Gasteiger charge is -2.22. The summed E-state index contributed by atoms with van der Waals surface area (Å²) in [5.74, 6) is 0.851. The number of likely N-dealkylation sites (tertiary alicyclic amines) is 1. The summed E-state index contributed by atoms with van der Waals surface area (Å²) in [6.07, 6.45) is 3.72. The Morgan fingerprint density at radius 1 is 1.25 bits per heavy atom. The number of aromatic nitrogens is 4. The second-order valence-electron chi connectivity index (χ2n) is 6.16. The number of rotatable bonds is 2. The number of hydrogen-bond donors (Lipinski definition) is 0. The molecule has 4 heterocycles. The van der Waals surface area contributed by atoms with Gasteiger partial charge in [0.25, 0.3) is 0 Å². The summed E-state index contributed by atoms with van der Waals surface area (Å²) >= 11 is 0. The molecule has 1 atom stereocenters. The Hall–Kier alpha value is -2.76. The average molecular weight is 321 g/mol. The van der Waals surface area contributed by atoms with Gasteiger partial charge in [0.05, 0.1) is 17.4 Å². The molecule has 0 aliphatic carbocycles. The Balaban J connectivity index is 1.84. The minimum atomic E-state index is 0.0549. The van der Waals surface area contributed by atoms with E-state index in [9.17, 15) is 4.79 Å². The molecule has 6 heteroatoms. The molecule has 6 nitrogen and oxygen atoms in total. The van der Waals surface area contributed by atoms with Gasteiger partial charge in [-0.2, -0.15) is 9.78 Å². The summed E-state index contributed by atoms with van der Waals surface area (Å²) in [5, 5.41) is 5.60. The number of carbonyl (C=O) groups is 1. The van der Waals surface area contributed by atoms with Crippen molar-refractivity contribution in [2.45, 2.75) is 32.7 Å². The lowest BCUT2D eigenvalue weighted by molar-refractivity contribution is -0.129. The molecule has 0 unspecified atom stereocenters. The van der Waals surface area contributed by atoms with E-state index in [4.69, 9.17) is 4.98 Å². The maximum Gasteiger partial charge on any atom is 0.220 e. The smallest absolute Gasteiger partial charge is 0.220 e. The van der Waals surface area contributed by atoms with Gasteiger partial charge >= 0.3 is 0 Å². The third kappa shape index (κ3) is 2.35. The van der Waals surface area contributed by atoms with E-state index >= 15 is 0 Å². The molecular formula is C18H19N5O. The predicted octanol–water partition coefficient (Wildman–Crippen LogP) is 2.81. The molecule has 1 fully saturated rings. The first-order valence-electron chi connectivity index (χ1n) is 8.20. The van der Waals surface area contributed by atoms with E-state index in [1.54, 1.807) is 17.8 Å². The van der Waals surface area contributed by atoms with E-state index in [0.29, 0.717) is 0 Å². The lowest BCUT2D eigenvalue weighted by atomic mass is 10.1. The summed E-state index contributed by atoms with van der Waals surface area (Å²) < 4.78 is 1.78. The van der Waals surface area contributed by atoms with E-state index in [1.165, 1.54) is 0 Å². The molecule has 1 aliphatic rings. The molecule has 3 aromatic heterocycles. The third-order valence-electron chi connectivity index (χ3n) is 4.60. The fourth-order valence-corrected chi connectivity index (χ4v) is 3.43. The van der Waals surface area contributed by atoms with Crippen LogP contribution in [0, 0.1) is 6.92 Å². The van der Waals surface area contributed by atoms with Crippen LogP contribution < -0.4 is 0 Å². The summed E-state index contributed by atoms with van der Waals surface area (Å²) in [6.45, 7) is 4.40. The molecule has 0 radical (unpaired) electrons. The normalized spacial score (nSPS) is 17.6. The van der Waals surface area contributed by atoms with E-state index in [2.05, 4.69) is 16.1 Å². The highest BCUT2D eigenvalue weighted by Gasteiger charge is 2.29. The van der Waals surface area contributed by atoms with Crippen molar-refractivity contribution in [3.8, 4) is 5.82 Å². The van der Waals surface area contributed by atoms with Crippen LogP contribution >= 0.6 is 0 Å². The molecule has 1 aliphatic heterocycles. The fourth-order valence-electron chi connectivity index (χ4n) is 3.43. The monoisotopic (exact) mass is 321 g/mol. The quantitative estimate of drug-likeness (QED) is 0.728. The van der Waals surface area contributed by atoms with Crippen LogP contribution in [-0.4, -0.2) is 37.1 Å². The highest BCUT2D eigenvalue weighted by atomic mass is 16.2. The lowest BCUT2D eigenvalue weighted by Crippen LogP contribution is -2.28. The van der Waals surface area contributed by atoms with E-state index in [1.807, 2.05) is 36.1 Å². The maximum absolute atomic E-state index is 11.9. The van der Waals surface area contributed by atoms with Crippen molar-refractivity contribution >= 4 is 16.9 Å². The Morgan fingerprint density at radius 3 is 2.88 bits per heavy atom. The number of fused-ring (bicyclic) bond motifs is 1. The van der Waals surface area contributed by atoms with E-state index in [0.717, 1.165) is 47.6 Å². The van der Waals surface area contributed by atoms with Crippen LogP contribution in [0.15, 0.2) is 36.5 Å². The van der Waals surface area contributed by atoms with Crippen LogP contribution in [0.25, 0.3) is 16.9 Å². The summed E-state index contributed by atoms with van der Waals surface area (Å²) in [7, 11) is 0. The Morgan fingerprint density at radius 2 is 2.12 bits per heavy atom. The van der Waals surface area contributed by atoms with Gasteiger partial charge in [-0.3, -0.25) is 4.79 Å². The van der Waals surface area contributed by atoms with Crippen LogP contribution in [0.2, 0.25) is 0 Å². The van der Waals surface area contributed by atoms with Gasteiger partial charge in [0.2, 0.25) is 5.91 Å². The number of amides is 1. The van der Waals surface area contributed by atoms with Gasteiger partial charge < -0.3 is 4.90 Å². The molecule has 4 rings (SSSR count). The molecular weight excluding hydrogens is 302 g/mol. The zero-order valence-electron chi connectivity index (χ0n) is 13.8. The Bertz CT molecular complexity index is 902. The van der Waals surface area contributed by atoms with E-state index < -0.39 is 0 Å². The molecule has 0 bridgehead atoms. The number of nitrogens with zero attached hydrogens (tertiary/aromatic N) is 5. The molecule has 24 heavy (non-hydrogen) atoms. The van der Waals surface area contributed by atoms with Crippen molar-refractivity contribution in [1.82, 2.24) is 24.6 Å². The van der Waals surface area contributed by atoms with Crippen LogP contribution in [0.3, 0.4) is 0 Å². The second-order valence-corrected chi connectivity index (χ2v) is 6.16. The third-order valence-corrected chi connectivity index (χ3v) is 4.60. The van der Waals surface area contributed by atoms with Crippen LogP contribution in [0.4, 0.5) is 0 Å². The van der Waals surface area contributed by atoms with Crippen LogP contribution in [-0.2, 0) is 4.79 Å². The fraction of sp³-hybridized carbons (Fsp3) is 0.333. The molecule has 122 valence electrons. The molecule has 1 amide bonds. The number of pyridine rings is 2. The van der Waals surface area contributed by atoms with Crippen molar-refractivity contribution in [3.63, 3.8) is 0 Å². The maximum atomic E-state index is 11.9. The molecule has 0 saturated carbocycles. The van der Waals surface area contributed by atoms with Gasteiger partial charge in [0, 0.05) is 25.1 Å². The van der Waals surface area contributed by atoms with Crippen molar-refractivity contribution in [2.24, 2.45) is 0 Å². The Kier molecular flexibility index (Phi) is 3.52. The summed E-state index contributed by atoms with van der Waals surface area (Å²) in [6, 6.07) is 9.85. The molecule has 1 saturated heterocycles. The summed E-state index contributed by atoms with van der Waals surface area (Å²) in [5.41, 5.74) is 2.64. The highest BCUT2D eigenvalue weighted by Crippen LogP contribution is 2.32. The highest BCUT2D eigenvalue weighted by molar-refractivity contribution is 5.80. The van der Waals surface area contributed by atoms with Crippen molar-refractivity contribution in [2.75, 3.05) is 6.54 Å². The van der Waals surface area contributed by atoms with Gasteiger partial charge in [-0.15, -0.1) is 0 Å². The SMILES string of the molecule is CC(=O)N1CCC[C@H]1c1ccc2c(C)nn(-c3ccccn3)c2n1. The van der Waals surface area contributed by atoms with Gasteiger partial charge in [0.1, 0.15) is 0 Å². The van der Waals surface area contributed by atoms with Crippen molar-refractivity contribution in [3.05, 3.63) is 47.9 Å². The zero-order valence-corrected chi connectivity index (χ0v) is 13.8. The number of carbonyl (C=O) groups excluding carboxylic acids is 1. The van der Waals surface area contributed by atoms with Gasteiger partial charge in [-0.25, -0.2) is 9.97 Å². The standard InChI is InChI=1S/C18H19N5O/c1-12-14-8-9-15(16-6-5-11-22(16)13(2)24)20-18(14)23(21-12)17-7-3-4-10-19-17/h3-4,7-10,16H,5-6,11H2,1-2H3/t16-/m0/s1. The first-order valence-corrected chi connectivity index (χ1v) is 8.20. The minimum Gasteiger partial charge on any atom is -0.334 e. The summed E-state index contributed by atoms with van der Waals surface area (Å²) in [4.78, 5) is 23.0. The second kappa shape index (κ2) is 5.70. The zero-order chi connectivity index (χ0) is 16.7. The van der Waals surface area contributed by atoms with Crippen LogP contribution in [0.5, 0.6) is 0 Å². The van der Waals surface area contributed by atoms with E-state index in [-0.39, 0.29) is 11.9 Å². The topological polar surface area (TPSA) is 63.9 Å². The largest absolute Gasteiger partial charge is 0.334 e. The van der Waals surface area contributed by atoms with Gasteiger partial charge in [-0.05, 0) is 44.0 Å².